The average molecular weight is 401 g/mol. The highest BCUT2D eigenvalue weighted by atomic mass is 35.5. The van der Waals surface area contributed by atoms with Crippen molar-refractivity contribution in [2.24, 2.45) is 15.2 Å². The summed E-state index contributed by atoms with van der Waals surface area (Å²) >= 11 is 0. The second-order valence-corrected chi connectivity index (χ2v) is 6.45. The summed E-state index contributed by atoms with van der Waals surface area (Å²) in [6, 6.07) is 20.1. The number of hydrogen-bond acceptors (Lipinski definition) is 5. The van der Waals surface area contributed by atoms with Crippen molar-refractivity contribution in [2.45, 2.75) is 19.4 Å². The molecule has 28 heavy (non-hydrogen) atoms. The highest BCUT2D eigenvalue weighted by Gasteiger charge is 2.20. The van der Waals surface area contributed by atoms with Crippen molar-refractivity contribution >= 4 is 24.1 Å². The van der Waals surface area contributed by atoms with Crippen LogP contribution in [-0.4, -0.2) is 36.0 Å². The molecule has 0 radical (unpaired) electrons. The summed E-state index contributed by atoms with van der Waals surface area (Å²) in [5.74, 6) is 0.884. The normalized spacial score (nSPS) is 15.0. The Morgan fingerprint density at radius 3 is 2.36 bits per heavy atom. The van der Waals surface area contributed by atoms with Gasteiger partial charge in [0, 0.05) is 20.1 Å². The van der Waals surface area contributed by atoms with E-state index < -0.39 is 0 Å². The number of benzene rings is 2. The van der Waals surface area contributed by atoms with Crippen LogP contribution in [0.4, 0.5) is 5.69 Å². The Hall–Kier alpha value is -2.90. The van der Waals surface area contributed by atoms with Crippen molar-refractivity contribution in [1.29, 1.82) is 0 Å². The summed E-state index contributed by atoms with van der Waals surface area (Å²) in [7, 11) is 3.73. The van der Waals surface area contributed by atoms with Gasteiger partial charge < -0.3 is 9.74 Å². The Morgan fingerprint density at radius 1 is 1.07 bits per heavy atom. The van der Waals surface area contributed by atoms with Crippen molar-refractivity contribution in [2.75, 3.05) is 14.1 Å². The van der Waals surface area contributed by atoms with E-state index in [2.05, 4.69) is 39.9 Å². The van der Waals surface area contributed by atoms with Gasteiger partial charge in [0.2, 0.25) is 5.96 Å². The molecule has 0 aromatic heterocycles. The molecule has 1 unspecified atom stereocenters. The lowest BCUT2D eigenvalue weighted by molar-refractivity contribution is 0.00201. The summed E-state index contributed by atoms with van der Waals surface area (Å²) < 4.78 is 0. The van der Waals surface area contributed by atoms with Crippen molar-refractivity contribution in [3.63, 3.8) is 0 Å². The Morgan fingerprint density at radius 2 is 1.71 bits per heavy atom. The second kappa shape index (κ2) is 10.4. The predicted octanol–water partition coefficient (Wildman–Crippen LogP) is 4.29. The van der Waals surface area contributed by atoms with Gasteiger partial charge in [0.15, 0.2) is 0 Å². The van der Waals surface area contributed by atoms with Gasteiger partial charge in [-0.25, -0.2) is 0 Å². The van der Waals surface area contributed by atoms with E-state index in [0.717, 1.165) is 12.1 Å². The minimum Gasteiger partial charge on any atom is -0.367 e. The monoisotopic (exact) mass is 400 g/mol. The summed E-state index contributed by atoms with van der Waals surface area (Å²) in [5, 5.41) is 10.3. The van der Waals surface area contributed by atoms with Crippen molar-refractivity contribution in [1.82, 2.24) is 15.5 Å². The Bertz CT molecular complexity index is 823. The number of aliphatic imine (C=N–C) groups is 1. The summed E-state index contributed by atoms with van der Waals surface area (Å²) in [5.41, 5.74) is 4.92. The van der Waals surface area contributed by atoms with Gasteiger partial charge in [0.25, 0.3) is 5.88 Å². The molecule has 1 heterocycles. The number of halogens is 1. The molecule has 1 aliphatic heterocycles. The number of nitrogens with one attached hydrogen (secondary N) is 1. The smallest absolute Gasteiger partial charge is 0.261 e. The number of azo groups is 1. The van der Waals surface area contributed by atoms with Gasteiger partial charge in [-0.3, -0.25) is 5.01 Å². The van der Waals surface area contributed by atoms with Crippen molar-refractivity contribution < 1.29 is 4.84 Å². The van der Waals surface area contributed by atoms with Crippen LogP contribution in [0.2, 0.25) is 0 Å². The van der Waals surface area contributed by atoms with Gasteiger partial charge in [-0.1, -0.05) is 54.1 Å². The molecule has 0 fully saturated rings. The maximum Gasteiger partial charge on any atom is 0.261 e. The van der Waals surface area contributed by atoms with E-state index >= 15 is 0 Å². The van der Waals surface area contributed by atoms with Crippen LogP contribution in [0, 0.1) is 0 Å². The van der Waals surface area contributed by atoms with E-state index in [4.69, 9.17) is 4.84 Å². The van der Waals surface area contributed by atoms with Crippen LogP contribution < -0.4 is 5.59 Å². The highest BCUT2D eigenvalue weighted by Crippen LogP contribution is 2.16. The van der Waals surface area contributed by atoms with Gasteiger partial charge in [0.05, 0.1) is 11.9 Å². The molecule has 148 valence electrons. The first kappa shape index (κ1) is 21.4. The molecule has 1 N–H and O–H groups in total. The first-order valence-electron chi connectivity index (χ1n) is 8.81. The lowest BCUT2D eigenvalue weighted by atomic mass is 10.1. The van der Waals surface area contributed by atoms with Gasteiger partial charge in [-0.2, -0.15) is 4.99 Å². The zero-order valence-electron chi connectivity index (χ0n) is 16.2. The number of nitrogens with zero attached hydrogens (tertiary/aromatic N) is 5. The molecule has 0 saturated heterocycles. The lowest BCUT2D eigenvalue weighted by Crippen LogP contribution is -2.37. The van der Waals surface area contributed by atoms with Crippen molar-refractivity contribution in [3.05, 3.63) is 78.3 Å². The number of hydrazine groups is 1. The third-order valence-corrected chi connectivity index (χ3v) is 3.98. The summed E-state index contributed by atoms with van der Waals surface area (Å²) in [6.07, 6.45) is 2.72. The van der Waals surface area contributed by atoms with E-state index in [1.165, 1.54) is 5.56 Å². The van der Waals surface area contributed by atoms with Crippen LogP contribution >= 0.6 is 12.4 Å². The van der Waals surface area contributed by atoms with Crippen LogP contribution in [0.5, 0.6) is 0 Å². The molecule has 7 nitrogen and oxygen atoms in total. The quantitative estimate of drug-likeness (QED) is 0.462. The summed E-state index contributed by atoms with van der Waals surface area (Å²) in [4.78, 5) is 11.7. The van der Waals surface area contributed by atoms with E-state index in [0.29, 0.717) is 11.8 Å². The number of guanidine groups is 1. The van der Waals surface area contributed by atoms with E-state index in [1.807, 2.05) is 73.8 Å². The fourth-order valence-corrected chi connectivity index (χ4v) is 2.50. The van der Waals surface area contributed by atoms with Gasteiger partial charge in [0.1, 0.15) is 0 Å². The molecular formula is C20H25ClN6O. The Kier molecular flexibility index (Phi) is 7.98. The molecule has 8 heteroatoms. The molecule has 2 aromatic rings. The van der Waals surface area contributed by atoms with E-state index in [1.54, 1.807) is 4.90 Å². The summed E-state index contributed by atoms with van der Waals surface area (Å²) in [6.45, 7) is 2.12. The van der Waals surface area contributed by atoms with Gasteiger partial charge in [-0.05, 0) is 31.0 Å². The second-order valence-electron chi connectivity index (χ2n) is 6.45. The Balaban J connectivity index is 0.00000280. The zero-order chi connectivity index (χ0) is 19.1. The van der Waals surface area contributed by atoms with Crippen molar-refractivity contribution in [3.8, 4) is 0 Å². The average Bonchev–Trinajstić information content (AvgIpc) is 3.15. The fraction of sp³-hybridized carbons (Fsp3) is 0.250. The van der Waals surface area contributed by atoms with Crippen LogP contribution in [0.25, 0.3) is 0 Å². The lowest BCUT2D eigenvalue weighted by Gasteiger charge is -2.21. The minimum absolute atomic E-state index is 0. The highest BCUT2D eigenvalue weighted by molar-refractivity contribution is 5.85. The van der Waals surface area contributed by atoms with Crippen LogP contribution in [0.3, 0.4) is 0 Å². The molecule has 1 atom stereocenters. The fourth-order valence-electron chi connectivity index (χ4n) is 2.50. The zero-order valence-corrected chi connectivity index (χ0v) is 17.0. The van der Waals surface area contributed by atoms with Gasteiger partial charge in [-0.15, -0.1) is 22.6 Å². The largest absolute Gasteiger partial charge is 0.367 e. The molecule has 0 spiro atoms. The van der Waals surface area contributed by atoms with Crippen LogP contribution in [-0.2, 0) is 11.3 Å². The molecule has 0 aliphatic carbocycles. The molecular weight excluding hydrogens is 376 g/mol. The SMILES string of the molecule is CC(Cc1ccccc1)N1C=C(/N=C(\N=Nc2ccccc2)N(C)C)ON1.Cl. The standard InChI is InChI=1S/C20H24N6O.ClH/c1-16(14-17-10-6-4-7-11-17)26-15-19(27-24-26)21-20(25(2)3)23-22-18-12-8-5-9-13-18;/h4-13,15-16,24H,14H2,1-3H3;1H/b21-20+,23-22?;. The van der Waals surface area contributed by atoms with E-state index in [-0.39, 0.29) is 18.4 Å². The Labute approximate surface area is 171 Å². The maximum absolute atomic E-state index is 5.48. The van der Waals surface area contributed by atoms with Crippen LogP contribution in [0.1, 0.15) is 12.5 Å². The molecule has 2 aromatic carbocycles. The molecule has 0 bridgehead atoms. The molecule has 0 amide bonds. The first-order valence-corrected chi connectivity index (χ1v) is 8.81. The molecule has 0 saturated carbocycles. The number of hydrogen-bond donors (Lipinski definition) is 1. The maximum atomic E-state index is 5.48. The molecule has 3 rings (SSSR count). The predicted molar refractivity (Wildman–Crippen MR) is 113 cm³/mol. The number of rotatable bonds is 5. The van der Waals surface area contributed by atoms with Crippen LogP contribution in [0.15, 0.2) is 88.0 Å². The van der Waals surface area contributed by atoms with Gasteiger partial charge >= 0.3 is 0 Å². The first-order chi connectivity index (χ1) is 13.1. The molecule has 1 aliphatic rings. The third-order valence-electron chi connectivity index (χ3n) is 3.98. The topological polar surface area (TPSA) is 64.8 Å². The third kappa shape index (κ3) is 6.07. The van der Waals surface area contributed by atoms with E-state index in [9.17, 15) is 0 Å². The minimum atomic E-state index is 0.